The lowest BCUT2D eigenvalue weighted by atomic mass is 10.1. The van der Waals surface area contributed by atoms with Gasteiger partial charge in [0.25, 0.3) is 5.91 Å². The molecule has 1 spiro atoms. The van der Waals surface area contributed by atoms with Gasteiger partial charge in [-0.05, 0) is 39.7 Å². The highest BCUT2D eigenvalue weighted by Gasteiger charge is 2.53. The normalized spacial score (nSPS) is 19.8. The van der Waals surface area contributed by atoms with Crippen LogP contribution in [-0.4, -0.2) is 56.6 Å². The maximum absolute atomic E-state index is 12.9. The summed E-state index contributed by atoms with van der Waals surface area (Å²) in [6.07, 6.45) is 6.71. The molecule has 23 heavy (non-hydrogen) atoms. The second-order valence-corrected chi connectivity index (χ2v) is 7.49. The van der Waals surface area contributed by atoms with E-state index in [2.05, 4.69) is 32.4 Å². The van der Waals surface area contributed by atoms with Crippen LogP contribution in [0.2, 0.25) is 0 Å². The van der Waals surface area contributed by atoms with E-state index in [-0.39, 0.29) is 22.9 Å². The third-order valence-corrected chi connectivity index (χ3v) is 4.73. The summed E-state index contributed by atoms with van der Waals surface area (Å²) in [6, 6.07) is 0. The number of hydrogen-bond acceptors (Lipinski definition) is 3. The van der Waals surface area contributed by atoms with E-state index in [9.17, 15) is 9.59 Å². The van der Waals surface area contributed by atoms with E-state index in [0.29, 0.717) is 25.2 Å². The summed E-state index contributed by atoms with van der Waals surface area (Å²) in [7, 11) is 0. The molecule has 0 bridgehead atoms. The third kappa shape index (κ3) is 2.78. The van der Waals surface area contributed by atoms with Crippen LogP contribution in [0.4, 0.5) is 0 Å². The molecule has 124 valence electrons. The molecule has 2 heterocycles. The average molecular weight is 316 g/mol. The van der Waals surface area contributed by atoms with Crippen molar-refractivity contribution in [1.29, 1.82) is 0 Å². The molecule has 6 heteroatoms. The van der Waals surface area contributed by atoms with Crippen LogP contribution in [0.15, 0.2) is 25.0 Å². The van der Waals surface area contributed by atoms with E-state index in [1.807, 2.05) is 15.8 Å². The molecule has 1 saturated heterocycles. The smallest absolute Gasteiger partial charge is 0.257 e. The van der Waals surface area contributed by atoms with Gasteiger partial charge in [0.2, 0.25) is 5.91 Å². The maximum Gasteiger partial charge on any atom is 0.257 e. The van der Waals surface area contributed by atoms with Gasteiger partial charge >= 0.3 is 0 Å². The fraction of sp³-hybridized carbons (Fsp3) is 0.588. The first-order valence-electron chi connectivity index (χ1n) is 8.05. The lowest BCUT2D eigenvalue weighted by Crippen LogP contribution is -2.58. The number of amides is 2. The van der Waals surface area contributed by atoms with Crippen molar-refractivity contribution >= 4 is 11.8 Å². The van der Waals surface area contributed by atoms with Gasteiger partial charge in [-0.1, -0.05) is 6.58 Å². The van der Waals surface area contributed by atoms with E-state index in [4.69, 9.17) is 0 Å². The van der Waals surface area contributed by atoms with Crippen LogP contribution >= 0.6 is 0 Å². The summed E-state index contributed by atoms with van der Waals surface area (Å²) in [6.45, 7) is 11.4. The van der Waals surface area contributed by atoms with Crippen molar-refractivity contribution in [2.45, 2.75) is 44.7 Å². The first-order valence-corrected chi connectivity index (χ1v) is 8.05. The molecule has 1 aliphatic heterocycles. The van der Waals surface area contributed by atoms with Gasteiger partial charge in [0.05, 0.1) is 22.8 Å². The summed E-state index contributed by atoms with van der Waals surface area (Å²) >= 11 is 0. The van der Waals surface area contributed by atoms with Crippen molar-refractivity contribution in [1.82, 2.24) is 19.6 Å². The lowest BCUT2D eigenvalue weighted by molar-refractivity contribution is -0.129. The third-order valence-electron chi connectivity index (χ3n) is 4.73. The van der Waals surface area contributed by atoms with E-state index < -0.39 is 0 Å². The number of rotatable bonds is 2. The summed E-state index contributed by atoms with van der Waals surface area (Å²) in [4.78, 5) is 28.5. The molecule has 0 N–H and O–H groups in total. The van der Waals surface area contributed by atoms with Crippen LogP contribution in [0.3, 0.4) is 0 Å². The Kier molecular flexibility index (Phi) is 3.58. The highest BCUT2D eigenvalue weighted by molar-refractivity contribution is 5.95. The Hall–Kier alpha value is -2.11. The largest absolute Gasteiger partial charge is 0.335 e. The van der Waals surface area contributed by atoms with Gasteiger partial charge in [-0.2, -0.15) is 5.10 Å². The maximum atomic E-state index is 12.9. The van der Waals surface area contributed by atoms with Crippen molar-refractivity contribution in [2.24, 2.45) is 0 Å². The van der Waals surface area contributed by atoms with Crippen LogP contribution in [-0.2, 0) is 10.3 Å². The molecule has 1 aliphatic carbocycles. The highest BCUT2D eigenvalue weighted by atomic mass is 16.2. The minimum Gasteiger partial charge on any atom is -0.335 e. The zero-order chi connectivity index (χ0) is 16.8. The fourth-order valence-corrected chi connectivity index (χ4v) is 3.14. The Morgan fingerprint density at radius 2 is 2.00 bits per heavy atom. The van der Waals surface area contributed by atoms with Crippen LogP contribution in [0.5, 0.6) is 0 Å². The zero-order valence-corrected chi connectivity index (χ0v) is 14.1. The Morgan fingerprint density at radius 3 is 2.52 bits per heavy atom. The molecule has 3 rings (SSSR count). The minimum atomic E-state index is -0.183. The molecule has 1 saturated carbocycles. The molecule has 2 amide bonds. The quantitative estimate of drug-likeness (QED) is 0.779. The number of carbonyl (C=O) groups excluding carboxylic acids is 2. The number of carbonyl (C=O) groups is 2. The van der Waals surface area contributed by atoms with Crippen LogP contribution in [0.1, 0.15) is 44.0 Å². The summed E-state index contributed by atoms with van der Waals surface area (Å²) in [5.74, 6) is -0.0346. The Morgan fingerprint density at radius 1 is 1.30 bits per heavy atom. The molecule has 1 aromatic heterocycles. The van der Waals surface area contributed by atoms with Gasteiger partial charge in [-0.3, -0.25) is 14.3 Å². The van der Waals surface area contributed by atoms with Crippen molar-refractivity contribution in [2.75, 3.05) is 19.6 Å². The first kappa shape index (κ1) is 15.8. The first-order chi connectivity index (χ1) is 10.8. The van der Waals surface area contributed by atoms with E-state index in [0.717, 1.165) is 12.8 Å². The second kappa shape index (κ2) is 5.22. The molecule has 1 aromatic rings. The van der Waals surface area contributed by atoms with Crippen LogP contribution in [0, 0.1) is 0 Å². The molecule has 0 aromatic carbocycles. The Labute approximate surface area is 136 Å². The summed E-state index contributed by atoms with van der Waals surface area (Å²) in [5.41, 5.74) is 0.289. The summed E-state index contributed by atoms with van der Waals surface area (Å²) in [5, 5.41) is 4.32. The van der Waals surface area contributed by atoms with Crippen LogP contribution in [0.25, 0.3) is 0 Å². The fourth-order valence-electron chi connectivity index (χ4n) is 3.14. The van der Waals surface area contributed by atoms with Crippen molar-refractivity contribution in [3.63, 3.8) is 0 Å². The van der Waals surface area contributed by atoms with Gasteiger partial charge < -0.3 is 9.80 Å². The second-order valence-electron chi connectivity index (χ2n) is 7.49. The van der Waals surface area contributed by atoms with Gasteiger partial charge in [-0.15, -0.1) is 0 Å². The molecule has 0 unspecified atom stereocenters. The predicted octanol–water partition coefficient (Wildman–Crippen LogP) is 1.64. The predicted molar refractivity (Wildman–Crippen MR) is 87.0 cm³/mol. The van der Waals surface area contributed by atoms with Crippen molar-refractivity contribution in [3.8, 4) is 0 Å². The topological polar surface area (TPSA) is 58.4 Å². The lowest BCUT2D eigenvalue weighted by Gasteiger charge is -2.41. The number of aromatic nitrogens is 2. The van der Waals surface area contributed by atoms with E-state index >= 15 is 0 Å². The minimum absolute atomic E-state index is 0.0173. The molecule has 2 fully saturated rings. The highest BCUT2D eigenvalue weighted by Crippen LogP contribution is 2.45. The zero-order valence-electron chi connectivity index (χ0n) is 14.1. The molecule has 0 radical (unpaired) electrons. The van der Waals surface area contributed by atoms with E-state index in [1.165, 1.54) is 6.08 Å². The number of hydrogen-bond donors (Lipinski definition) is 0. The SMILES string of the molecule is C=CC(=O)N1CCN(C(=O)c2cnn(C(C)(C)C)c2)C2(CC2)C1. The van der Waals surface area contributed by atoms with Crippen molar-refractivity contribution < 1.29 is 9.59 Å². The monoisotopic (exact) mass is 316 g/mol. The Balaban J connectivity index is 1.77. The van der Waals surface area contributed by atoms with E-state index in [1.54, 1.807) is 11.1 Å². The van der Waals surface area contributed by atoms with Gasteiger partial charge in [0, 0.05) is 25.8 Å². The van der Waals surface area contributed by atoms with Gasteiger partial charge in [-0.25, -0.2) is 0 Å². The van der Waals surface area contributed by atoms with Gasteiger partial charge in [0.1, 0.15) is 0 Å². The van der Waals surface area contributed by atoms with Gasteiger partial charge in [0.15, 0.2) is 0 Å². The molecular weight excluding hydrogens is 292 g/mol. The number of nitrogens with zero attached hydrogens (tertiary/aromatic N) is 4. The molecule has 0 atom stereocenters. The molecule has 2 aliphatic rings. The Bertz CT molecular complexity index is 652. The number of piperazine rings is 1. The van der Waals surface area contributed by atoms with Crippen LogP contribution < -0.4 is 0 Å². The average Bonchev–Trinajstić information content (AvgIpc) is 3.06. The molecule has 6 nitrogen and oxygen atoms in total. The standard InChI is InChI=1S/C17H24N4O2/c1-5-14(22)19-8-9-20(17(12-19)6-7-17)15(23)13-10-18-21(11-13)16(2,3)4/h5,10-11H,1,6-9,12H2,2-4H3. The molecular formula is C17H24N4O2. The van der Waals surface area contributed by atoms with Crippen molar-refractivity contribution in [3.05, 3.63) is 30.6 Å². The summed E-state index contributed by atoms with van der Waals surface area (Å²) < 4.78 is 1.82.